The summed E-state index contributed by atoms with van der Waals surface area (Å²) in [5.74, 6) is 0.447. The largest absolute Gasteiger partial charge is 0.472 e. The van der Waals surface area contributed by atoms with E-state index in [4.69, 9.17) is 16.3 Å². The lowest BCUT2D eigenvalue weighted by atomic mass is 9.63. The summed E-state index contributed by atoms with van der Waals surface area (Å²) in [6, 6.07) is 7.56. The molecule has 2 aromatic rings. The van der Waals surface area contributed by atoms with Gasteiger partial charge in [-0.3, -0.25) is 4.79 Å². The molecule has 1 aromatic carbocycles. The SMILES string of the molecule is Cn1c2c(c(=O)c3ccccc31)C1C(Cl)C(C)(O)CCC1C(C)(C)O2. The lowest BCUT2D eigenvalue weighted by Gasteiger charge is -2.52. The molecule has 1 saturated carbocycles. The number of hydrogen-bond acceptors (Lipinski definition) is 3. The molecule has 25 heavy (non-hydrogen) atoms. The summed E-state index contributed by atoms with van der Waals surface area (Å²) >= 11 is 6.76. The normalized spacial score (nSPS) is 33.4. The zero-order valence-corrected chi connectivity index (χ0v) is 15.8. The fourth-order valence-electron chi connectivity index (χ4n) is 4.72. The molecule has 1 fully saturated rings. The number of fused-ring (bicyclic) bond motifs is 4. The Morgan fingerprint density at radius 3 is 2.68 bits per heavy atom. The zero-order chi connectivity index (χ0) is 18.1. The number of nitrogens with zero attached hydrogens (tertiary/aromatic N) is 1. The molecule has 0 amide bonds. The van der Waals surface area contributed by atoms with Crippen LogP contribution in [0.3, 0.4) is 0 Å². The van der Waals surface area contributed by atoms with Gasteiger partial charge in [-0.1, -0.05) is 12.1 Å². The van der Waals surface area contributed by atoms with Crippen molar-refractivity contribution in [1.29, 1.82) is 0 Å². The maximum atomic E-state index is 13.3. The van der Waals surface area contributed by atoms with Crippen molar-refractivity contribution in [3.05, 3.63) is 40.1 Å². The number of aryl methyl sites for hydroxylation is 1. The van der Waals surface area contributed by atoms with Crippen LogP contribution >= 0.6 is 11.6 Å². The van der Waals surface area contributed by atoms with Gasteiger partial charge < -0.3 is 14.4 Å². The van der Waals surface area contributed by atoms with Gasteiger partial charge in [0.05, 0.1) is 22.1 Å². The van der Waals surface area contributed by atoms with Crippen LogP contribution in [0.15, 0.2) is 29.1 Å². The molecular weight excluding hydrogens is 338 g/mol. The minimum absolute atomic E-state index is 0.0300. The molecule has 2 heterocycles. The van der Waals surface area contributed by atoms with E-state index in [9.17, 15) is 9.90 Å². The number of ether oxygens (including phenoxy) is 1. The number of benzene rings is 1. The van der Waals surface area contributed by atoms with Crippen LogP contribution in [0.25, 0.3) is 10.9 Å². The molecule has 4 nitrogen and oxygen atoms in total. The third kappa shape index (κ3) is 2.27. The number of aliphatic hydroxyl groups is 1. The summed E-state index contributed by atoms with van der Waals surface area (Å²) in [4.78, 5) is 13.3. The second-order valence-corrected chi connectivity index (χ2v) is 8.73. The van der Waals surface area contributed by atoms with Crippen LogP contribution < -0.4 is 10.2 Å². The summed E-state index contributed by atoms with van der Waals surface area (Å²) in [7, 11) is 1.92. The highest BCUT2D eigenvalue weighted by molar-refractivity contribution is 6.22. The first-order valence-corrected chi connectivity index (χ1v) is 9.26. The predicted molar refractivity (Wildman–Crippen MR) is 99.6 cm³/mol. The van der Waals surface area contributed by atoms with E-state index in [1.807, 2.05) is 35.9 Å². The van der Waals surface area contributed by atoms with E-state index in [-0.39, 0.29) is 17.3 Å². The number of para-hydroxylation sites is 1. The van der Waals surface area contributed by atoms with E-state index in [1.54, 1.807) is 6.92 Å². The van der Waals surface area contributed by atoms with Gasteiger partial charge in [0.2, 0.25) is 5.88 Å². The molecule has 2 aliphatic rings. The molecule has 4 atom stereocenters. The van der Waals surface area contributed by atoms with E-state index in [0.29, 0.717) is 23.3 Å². The summed E-state index contributed by atoms with van der Waals surface area (Å²) in [5.41, 5.74) is -0.0184. The smallest absolute Gasteiger partial charge is 0.201 e. The van der Waals surface area contributed by atoms with Gasteiger partial charge in [-0.05, 0) is 45.7 Å². The maximum Gasteiger partial charge on any atom is 0.201 e. The van der Waals surface area contributed by atoms with Crippen molar-refractivity contribution in [2.45, 2.75) is 56.1 Å². The number of alkyl halides is 1. The number of rotatable bonds is 0. The molecule has 4 rings (SSSR count). The Hall–Kier alpha value is -1.52. The van der Waals surface area contributed by atoms with Crippen LogP contribution in [-0.4, -0.2) is 26.3 Å². The summed E-state index contributed by atoms with van der Waals surface area (Å²) in [5, 5.41) is 10.9. The standard InChI is InChI=1S/C20H24ClNO3/c1-19(2)12-9-10-20(3,24)17(21)14(12)15-16(23)11-7-5-6-8-13(11)22(4)18(15)25-19/h5-8,12,14,17,24H,9-10H2,1-4H3. The van der Waals surface area contributed by atoms with Crippen molar-refractivity contribution in [2.75, 3.05) is 0 Å². The number of halogens is 1. The molecule has 0 radical (unpaired) electrons. The van der Waals surface area contributed by atoms with Crippen LogP contribution in [0.1, 0.15) is 45.1 Å². The summed E-state index contributed by atoms with van der Waals surface area (Å²) in [6.07, 6.45) is 1.39. The molecule has 1 aromatic heterocycles. The van der Waals surface area contributed by atoms with Gasteiger partial charge in [-0.15, -0.1) is 11.6 Å². The first-order valence-electron chi connectivity index (χ1n) is 8.82. The van der Waals surface area contributed by atoms with E-state index >= 15 is 0 Å². The fraction of sp³-hybridized carbons (Fsp3) is 0.550. The van der Waals surface area contributed by atoms with Gasteiger partial charge in [0, 0.05) is 24.3 Å². The van der Waals surface area contributed by atoms with Crippen LogP contribution in [0.4, 0.5) is 0 Å². The highest BCUT2D eigenvalue weighted by atomic mass is 35.5. The second-order valence-electron chi connectivity index (χ2n) is 8.26. The molecule has 0 saturated heterocycles. The summed E-state index contributed by atoms with van der Waals surface area (Å²) < 4.78 is 8.29. The lowest BCUT2D eigenvalue weighted by Crippen LogP contribution is -2.57. The topological polar surface area (TPSA) is 51.5 Å². The van der Waals surface area contributed by atoms with Crippen molar-refractivity contribution < 1.29 is 9.84 Å². The first-order chi connectivity index (χ1) is 11.6. The van der Waals surface area contributed by atoms with Crippen molar-refractivity contribution in [3.63, 3.8) is 0 Å². The predicted octanol–water partition coefficient (Wildman–Crippen LogP) is 3.56. The number of aromatic nitrogens is 1. The lowest BCUT2D eigenvalue weighted by molar-refractivity contribution is -0.0658. The average Bonchev–Trinajstić information content (AvgIpc) is 2.55. The second kappa shape index (κ2) is 5.24. The third-order valence-electron chi connectivity index (χ3n) is 6.18. The number of hydrogen-bond donors (Lipinski definition) is 1. The molecule has 1 N–H and O–H groups in total. The van der Waals surface area contributed by atoms with E-state index in [1.165, 1.54) is 0 Å². The van der Waals surface area contributed by atoms with Crippen LogP contribution in [0.5, 0.6) is 5.88 Å². The van der Waals surface area contributed by atoms with Crippen molar-refractivity contribution >= 4 is 22.5 Å². The van der Waals surface area contributed by atoms with E-state index < -0.39 is 16.6 Å². The Balaban J connectivity index is 2.07. The molecule has 1 aliphatic carbocycles. The van der Waals surface area contributed by atoms with E-state index in [0.717, 1.165) is 11.9 Å². The highest BCUT2D eigenvalue weighted by Gasteiger charge is 2.55. The van der Waals surface area contributed by atoms with Gasteiger partial charge in [0.25, 0.3) is 0 Å². The van der Waals surface area contributed by atoms with Gasteiger partial charge in [-0.2, -0.15) is 0 Å². The minimum atomic E-state index is -0.996. The Morgan fingerprint density at radius 1 is 1.28 bits per heavy atom. The van der Waals surface area contributed by atoms with E-state index in [2.05, 4.69) is 13.8 Å². The molecule has 0 bridgehead atoms. The Morgan fingerprint density at radius 2 is 1.96 bits per heavy atom. The molecule has 4 unspecified atom stereocenters. The van der Waals surface area contributed by atoms with Gasteiger partial charge in [0.15, 0.2) is 5.43 Å². The van der Waals surface area contributed by atoms with Crippen molar-refractivity contribution in [2.24, 2.45) is 13.0 Å². The Labute approximate surface area is 152 Å². The maximum absolute atomic E-state index is 13.3. The van der Waals surface area contributed by atoms with Gasteiger partial charge in [0.1, 0.15) is 5.60 Å². The van der Waals surface area contributed by atoms with Gasteiger partial charge >= 0.3 is 0 Å². The fourth-order valence-corrected chi connectivity index (χ4v) is 5.13. The summed E-state index contributed by atoms with van der Waals surface area (Å²) in [6.45, 7) is 5.88. The zero-order valence-electron chi connectivity index (χ0n) is 15.0. The molecule has 5 heteroatoms. The minimum Gasteiger partial charge on any atom is -0.472 e. The Bertz CT molecular complexity index is 915. The number of pyridine rings is 1. The van der Waals surface area contributed by atoms with Crippen LogP contribution in [-0.2, 0) is 7.05 Å². The third-order valence-corrected chi connectivity index (χ3v) is 6.92. The van der Waals surface area contributed by atoms with Crippen LogP contribution in [0.2, 0.25) is 0 Å². The van der Waals surface area contributed by atoms with Crippen molar-refractivity contribution in [1.82, 2.24) is 4.57 Å². The van der Waals surface area contributed by atoms with Gasteiger partial charge in [-0.25, -0.2) is 0 Å². The van der Waals surface area contributed by atoms with Crippen molar-refractivity contribution in [3.8, 4) is 5.88 Å². The molecule has 134 valence electrons. The quantitative estimate of drug-likeness (QED) is 0.730. The molecular formula is C20H24ClNO3. The first kappa shape index (κ1) is 16.9. The van der Waals surface area contributed by atoms with Crippen LogP contribution in [0, 0.1) is 5.92 Å². The molecule has 1 aliphatic heterocycles. The monoisotopic (exact) mass is 361 g/mol. The highest BCUT2D eigenvalue weighted by Crippen LogP contribution is 2.54. The average molecular weight is 362 g/mol. The Kier molecular flexibility index (Phi) is 3.55. The molecule has 0 spiro atoms.